The van der Waals surface area contributed by atoms with E-state index in [1.165, 1.54) is 0 Å². The lowest BCUT2D eigenvalue weighted by Gasteiger charge is -2.16. The topological polar surface area (TPSA) is 20.2 Å². The van der Waals surface area contributed by atoms with E-state index >= 15 is 0 Å². The van der Waals surface area contributed by atoms with Crippen LogP contribution in [0.15, 0.2) is 36.9 Å². The van der Waals surface area contributed by atoms with Crippen LogP contribution in [-0.4, -0.2) is 5.11 Å². The van der Waals surface area contributed by atoms with Crippen LogP contribution in [-0.2, 0) is 0 Å². The van der Waals surface area contributed by atoms with E-state index in [1.807, 2.05) is 25.1 Å². The summed E-state index contributed by atoms with van der Waals surface area (Å²) in [7, 11) is 0. The van der Waals surface area contributed by atoms with Crippen molar-refractivity contribution >= 4 is 11.6 Å². The number of aliphatic hydroxyl groups excluding tert-OH is 1. The zero-order valence-electron chi connectivity index (χ0n) is 7.57. The highest BCUT2D eigenvalue weighted by atomic mass is 35.5. The van der Waals surface area contributed by atoms with E-state index in [0.29, 0.717) is 5.02 Å². The highest BCUT2D eigenvalue weighted by Crippen LogP contribution is 2.28. The van der Waals surface area contributed by atoms with Crippen molar-refractivity contribution in [3.05, 3.63) is 47.5 Å². The Morgan fingerprint density at radius 3 is 2.62 bits per heavy atom. The maximum Gasteiger partial charge on any atom is 0.0864 e. The van der Waals surface area contributed by atoms with E-state index in [0.717, 1.165) is 5.56 Å². The first-order valence-electron chi connectivity index (χ1n) is 4.22. The van der Waals surface area contributed by atoms with Crippen LogP contribution < -0.4 is 0 Å². The van der Waals surface area contributed by atoms with Gasteiger partial charge in [0, 0.05) is 10.9 Å². The lowest BCUT2D eigenvalue weighted by Crippen LogP contribution is -2.06. The van der Waals surface area contributed by atoms with Crippen molar-refractivity contribution in [2.75, 3.05) is 0 Å². The monoisotopic (exact) mass is 196 g/mol. The molecule has 0 bridgehead atoms. The molecule has 1 N–H and O–H groups in total. The van der Waals surface area contributed by atoms with Crippen molar-refractivity contribution in [2.24, 2.45) is 5.92 Å². The van der Waals surface area contributed by atoms with Crippen LogP contribution in [0.25, 0.3) is 0 Å². The first-order valence-corrected chi connectivity index (χ1v) is 4.59. The van der Waals surface area contributed by atoms with Gasteiger partial charge in [0.15, 0.2) is 0 Å². The molecule has 2 atom stereocenters. The fourth-order valence-corrected chi connectivity index (χ4v) is 1.37. The molecule has 0 radical (unpaired) electrons. The lowest BCUT2D eigenvalue weighted by molar-refractivity contribution is 0.140. The van der Waals surface area contributed by atoms with Gasteiger partial charge in [0.25, 0.3) is 0 Å². The van der Waals surface area contributed by atoms with Gasteiger partial charge in [-0.1, -0.05) is 42.8 Å². The van der Waals surface area contributed by atoms with Crippen molar-refractivity contribution in [3.63, 3.8) is 0 Å². The number of halogens is 1. The van der Waals surface area contributed by atoms with Crippen molar-refractivity contribution in [1.29, 1.82) is 0 Å². The Bertz CT molecular complexity index is 296. The van der Waals surface area contributed by atoms with Crippen molar-refractivity contribution < 1.29 is 5.11 Å². The van der Waals surface area contributed by atoms with Gasteiger partial charge in [-0.05, 0) is 11.6 Å². The molecule has 0 spiro atoms. The number of aliphatic hydroxyl groups is 1. The maximum absolute atomic E-state index is 9.81. The molecule has 1 aromatic carbocycles. The fraction of sp³-hybridized carbons (Fsp3) is 0.273. The second-order valence-corrected chi connectivity index (χ2v) is 3.47. The highest BCUT2D eigenvalue weighted by molar-refractivity contribution is 6.31. The third-order valence-corrected chi connectivity index (χ3v) is 2.44. The first kappa shape index (κ1) is 10.3. The number of benzene rings is 1. The van der Waals surface area contributed by atoms with Crippen LogP contribution in [0.4, 0.5) is 0 Å². The Kier molecular flexibility index (Phi) is 3.52. The minimum Gasteiger partial charge on any atom is -0.388 e. The summed E-state index contributed by atoms with van der Waals surface area (Å²) >= 11 is 5.93. The standard InChI is InChI=1S/C11H13ClO/c1-3-8(2)11(13)9-6-4-5-7-10(9)12/h3-8,11,13H,1H2,2H3/t8-,11+/m1/s1. The molecule has 0 aliphatic rings. The van der Waals surface area contributed by atoms with Crippen molar-refractivity contribution in [3.8, 4) is 0 Å². The van der Waals surface area contributed by atoms with Gasteiger partial charge in [-0.3, -0.25) is 0 Å². The minimum absolute atomic E-state index is 0.0138. The molecule has 0 unspecified atom stereocenters. The average molecular weight is 197 g/mol. The second-order valence-electron chi connectivity index (χ2n) is 3.06. The van der Waals surface area contributed by atoms with Gasteiger partial charge in [-0.2, -0.15) is 0 Å². The molecule has 70 valence electrons. The maximum atomic E-state index is 9.81. The molecule has 1 rings (SSSR count). The number of hydrogen-bond acceptors (Lipinski definition) is 1. The number of hydrogen-bond donors (Lipinski definition) is 1. The third kappa shape index (κ3) is 2.33. The second kappa shape index (κ2) is 4.45. The Labute approximate surface area is 83.7 Å². The summed E-state index contributed by atoms with van der Waals surface area (Å²) in [6.45, 7) is 5.54. The van der Waals surface area contributed by atoms with Gasteiger partial charge in [0.05, 0.1) is 6.10 Å². The van der Waals surface area contributed by atoms with Crippen LogP contribution in [0.3, 0.4) is 0 Å². The summed E-state index contributed by atoms with van der Waals surface area (Å²) in [4.78, 5) is 0. The lowest BCUT2D eigenvalue weighted by atomic mass is 9.98. The van der Waals surface area contributed by atoms with Crippen molar-refractivity contribution in [2.45, 2.75) is 13.0 Å². The molecular formula is C11H13ClO. The van der Waals surface area contributed by atoms with Crippen LogP contribution in [0, 0.1) is 5.92 Å². The molecule has 0 aliphatic heterocycles. The molecular weight excluding hydrogens is 184 g/mol. The van der Waals surface area contributed by atoms with Gasteiger partial charge >= 0.3 is 0 Å². The van der Waals surface area contributed by atoms with E-state index in [4.69, 9.17) is 11.6 Å². The van der Waals surface area contributed by atoms with Gasteiger partial charge in [0.2, 0.25) is 0 Å². The van der Waals surface area contributed by atoms with Gasteiger partial charge in [0.1, 0.15) is 0 Å². The average Bonchev–Trinajstić information content (AvgIpc) is 2.16. The summed E-state index contributed by atoms with van der Waals surface area (Å²) in [5.41, 5.74) is 0.761. The molecule has 1 nitrogen and oxygen atoms in total. The molecule has 13 heavy (non-hydrogen) atoms. The van der Waals surface area contributed by atoms with Gasteiger partial charge in [-0.25, -0.2) is 0 Å². The molecule has 0 fully saturated rings. The Morgan fingerprint density at radius 2 is 2.08 bits per heavy atom. The molecule has 0 amide bonds. The van der Waals surface area contributed by atoms with Crippen LogP contribution >= 0.6 is 11.6 Å². The zero-order valence-corrected chi connectivity index (χ0v) is 8.33. The summed E-state index contributed by atoms with van der Waals surface area (Å²) in [5, 5.41) is 10.4. The van der Waals surface area contributed by atoms with E-state index < -0.39 is 6.10 Å². The minimum atomic E-state index is -0.564. The third-order valence-electron chi connectivity index (χ3n) is 2.09. The van der Waals surface area contributed by atoms with E-state index in [-0.39, 0.29) is 5.92 Å². The molecule has 0 saturated heterocycles. The molecule has 2 heteroatoms. The predicted octanol–water partition coefficient (Wildman–Crippen LogP) is 3.20. The fourth-order valence-electron chi connectivity index (χ4n) is 1.13. The zero-order chi connectivity index (χ0) is 9.84. The Balaban J connectivity index is 2.94. The largest absolute Gasteiger partial charge is 0.388 e. The van der Waals surface area contributed by atoms with Crippen LogP contribution in [0.2, 0.25) is 5.02 Å². The van der Waals surface area contributed by atoms with E-state index in [2.05, 4.69) is 6.58 Å². The van der Waals surface area contributed by atoms with Crippen LogP contribution in [0.1, 0.15) is 18.6 Å². The first-order chi connectivity index (χ1) is 6.16. The Hall–Kier alpha value is -0.790. The normalized spacial score (nSPS) is 15.0. The summed E-state index contributed by atoms with van der Waals surface area (Å²) in [5.74, 6) is 0.0138. The highest BCUT2D eigenvalue weighted by Gasteiger charge is 2.15. The molecule has 0 heterocycles. The predicted molar refractivity (Wildman–Crippen MR) is 55.8 cm³/mol. The molecule has 1 aromatic rings. The van der Waals surface area contributed by atoms with Crippen molar-refractivity contribution in [1.82, 2.24) is 0 Å². The molecule has 0 saturated carbocycles. The summed E-state index contributed by atoms with van der Waals surface area (Å²) < 4.78 is 0. The smallest absolute Gasteiger partial charge is 0.0864 e. The SMILES string of the molecule is C=C[C@@H](C)[C@H](O)c1ccccc1Cl. The summed E-state index contributed by atoms with van der Waals surface area (Å²) in [6.07, 6.45) is 1.15. The van der Waals surface area contributed by atoms with E-state index in [1.54, 1.807) is 12.1 Å². The van der Waals surface area contributed by atoms with Gasteiger partial charge < -0.3 is 5.11 Å². The molecule has 0 aromatic heterocycles. The van der Waals surface area contributed by atoms with Gasteiger partial charge in [-0.15, -0.1) is 6.58 Å². The Morgan fingerprint density at radius 1 is 1.46 bits per heavy atom. The molecule has 0 aliphatic carbocycles. The quantitative estimate of drug-likeness (QED) is 0.737. The van der Waals surface area contributed by atoms with Crippen LogP contribution in [0.5, 0.6) is 0 Å². The summed E-state index contributed by atoms with van der Waals surface area (Å²) in [6, 6.07) is 7.31. The number of rotatable bonds is 3. The van der Waals surface area contributed by atoms with E-state index in [9.17, 15) is 5.11 Å².